The lowest BCUT2D eigenvalue weighted by atomic mass is 10.1. The Labute approximate surface area is 124 Å². The summed E-state index contributed by atoms with van der Waals surface area (Å²) in [4.78, 5) is 12.7. The van der Waals surface area contributed by atoms with Crippen molar-refractivity contribution in [1.82, 2.24) is 4.90 Å². The summed E-state index contributed by atoms with van der Waals surface area (Å²) in [5, 5.41) is 14.1. The number of rotatable bonds is 5. The number of benzene rings is 1. The lowest BCUT2D eigenvalue weighted by Gasteiger charge is -2.26. The van der Waals surface area contributed by atoms with Crippen LogP contribution in [-0.2, 0) is 16.4 Å². The predicted octanol–water partition coefficient (Wildman–Crippen LogP) is 1.26. The summed E-state index contributed by atoms with van der Waals surface area (Å²) in [7, 11) is -2.90. The molecule has 0 spiro atoms. The molecule has 1 aromatic rings. The van der Waals surface area contributed by atoms with E-state index in [9.17, 15) is 18.5 Å². The van der Waals surface area contributed by atoms with Crippen LogP contribution in [0.4, 0.5) is 11.4 Å². The van der Waals surface area contributed by atoms with E-state index in [1.165, 1.54) is 0 Å². The van der Waals surface area contributed by atoms with E-state index in [0.717, 1.165) is 5.56 Å². The summed E-state index contributed by atoms with van der Waals surface area (Å²) in [6.45, 7) is 3.98. The number of hydrogen-bond acceptors (Lipinski definition) is 6. The van der Waals surface area contributed by atoms with Gasteiger partial charge in [0.1, 0.15) is 5.69 Å². The number of sulfone groups is 1. The van der Waals surface area contributed by atoms with E-state index in [1.807, 2.05) is 17.9 Å². The predicted molar refractivity (Wildman–Crippen MR) is 81.2 cm³/mol. The first-order valence-corrected chi connectivity index (χ1v) is 8.67. The quantitative estimate of drug-likeness (QED) is 0.650. The maximum absolute atomic E-state index is 11.4. The molecule has 0 saturated carbocycles. The van der Waals surface area contributed by atoms with Gasteiger partial charge in [-0.05, 0) is 18.6 Å². The van der Waals surface area contributed by atoms with Gasteiger partial charge in [0, 0.05) is 32.2 Å². The van der Waals surface area contributed by atoms with E-state index in [-0.39, 0.29) is 17.2 Å². The van der Waals surface area contributed by atoms with E-state index < -0.39 is 14.8 Å². The summed E-state index contributed by atoms with van der Waals surface area (Å²) in [5.74, 6) is 0.315. The molecule has 0 aliphatic carbocycles. The second kappa shape index (κ2) is 6.40. The average molecular weight is 313 g/mol. The molecule has 1 aliphatic rings. The number of hydrogen-bond donors (Lipinski definition) is 1. The normalized spacial score (nSPS) is 18.3. The van der Waals surface area contributed by atoms with Crippen LogP contribution in [0.5, 0.6) is 0 Å². The standard InChI is InChI=1S/C13H19N3O4S/c1-2-14-12-4-3-11(9-13(12)16(17)18)10-15-5-7-21(19,20)8-6-15/h3-4,9,14H,2,5-8,10H2,1H3. The first-order valence-electron chi connectivity index (χ1n) is 6.85. The molecule has 7 nitrogen and oxygen atoms in total. The molecule has 0 atom stereocenters. The summed E-state index contributed by atoms with van der Waals surface area (Å²) in [6.07, 6.45) is 0. The molecular weight excluding hydrogens is 294 g/mol. The Morgan fingerprint density at radius 3 is 2.57 bits per heavy atom. The largest absolute Gasteiger partial charge is 0.380 e. The fourth-order valence-electron chi connectivity index (χ4n) is 2.33. The molecule has 0 unspecified atom stereocenters. The highest BCUT2D eigenvalue weighted by atomic mass is 32.2. The van der Waals surface area contributed by atoms with E-state index in [0.29, 0.717) is 31.9 Å². The van der Waals surface area contributed by atoms with Crippen LogP contribution in [-0.4, -0.2) is 49.4 Å². The van der Waals surface area contributed by atoms with Gasteiger partial charge in [-0.3, -0.25) is 15.0 Å². The van der Waals surface area contributed by atoms with Crippen molar-refractivity contribution in [2.75, 3.05) is 36.5 Å². The first-order chi connectivity index (χ1) is 9.91. The minimum absolute atomic E-state index is 0.0546. The molecule has 116 valence electrons. The van der Waals surface area contributed by atoms with Gasteiger partial charge in [0.15, 0.2) is 9.84 Å². The highest BCUT2D eigenvalue weighted by Gasteiger charge is 2.22. The van der Waals surface area contributed by atoms with Crippen molar-refractivity contribution in [2.45, 2.75) is 13.5 Å². The fraction of sp³-hybridized carbons (Fsp3) is 0.538. The Bertz CT molecular complexity index is 616. The molecule has 1 saturated heterocycles. The third-order valence-electron chi connectivity index (χ3n) is 3.47. The van der Waals surface area contributed by atoms with E-state index in [2.05, 4.69) is 5.32 Å². The number of anilines is 1. The molecule has 1 heterocycles. The third-order valence-corrected chi connectivity index (χ3v) is 5.08. The molecule has 8 heteroatoms. The van der Waals surface area contributed by atoms with Crippen LogP contribution in [0.15, 0.2) is 18.2 Å². The fourth-order valence-corrected chi connectivity index (χ4v) is 3.61. The zero-order valence-electron chi connectivity index (χ0n) is 11.9. The molecule has 1 N–H and O–H groups in total. The van der Waals surface area contributed by atoms with Crippen molar-refractivity contribution in [3.05, 3.63) is 33.9 Å². The Kier molecular flexibility index (Phi) is 4.79. The lowest BCUT2D eigenvalue weighted by Crippen LogP contribution is -2.39. The van der Waals surface area contributed by atoms with Crippen LogP contribution in [0.2, 0.25) is 0 Å². The Balaban J connectivity index is 2.10. The van der Waals surface area contributed by atoms with Crippen molar-refractivity contribution in [1.29, 1.82) is 0 Å². The van der Waals surface area contributed by atoms with E-state index >= 15 is 0 Å². The van der Waals surface area contributed by atoms with Crippen LogP contribution < -0.4 is 5.32 Å². The van der Waals surface area contributed by atoms with Gasteiger partial charge in [0.2, 0.25) is 0 Å². The molecule has 1 aromatic carbocycles. The maximum atomic E-state index is 11.4. The second-order valence-corrected chi connectivity index (χ2v) is 7.37. The van der Waals surface area contributed by atoms with Gasteiger partial charge in [-0.25, -0.2) is 8.42 Å². The van der Waals surface area contributed by atoms with Crippen molar-refractivity contribution in [3.8, 4) is 0 Å². The maximum Gasteiger partial charge on any atom is 0.292 e. The zero-order valence-corrected chi connectivity index (χ0v) is 12.7. The Morgan fingerprint density at radius 2 is 2.00 bits per heavy atom. The van der Waals surface area contributed by atoms with Gasteiger partial charge in [0.05, 0.1) is 16.4 Å². The van der Waals surface area contributed by atoms with Crippen LogP contribution in [0.25, 0.3) is 0 Å². The zero-order chi connectivity index (χ0) is 15.5. The van der Waals surface area contributed by atoms with E-state index in [1.54, 1.807) is 12.1 Å². The van der Waals surface area contributed by atoms with Gasteiger partial charge in [-0.2, -0.15) is 0 Å². The molecule has 0 bridgehead atoms. The topological polar surface area (TPSA) is 92.6 Å². The van der Waals surface area contributed by atoms with Crippen LogP contribution in [0.3, 0.4) is 0 Å². The first kappa shape index (κ1) is 15.7. The minimum Gasteiger partial charge on any atom is -0.380 e. The molecule has 0 aromatic heterocycles. The molecule has 2 rings (SSSR count). The third kappa shape index (κ3) is 4.15. The van der Waals surface area contributed by atoms with Gasteiger partial charge < -0.3 is 5.32 Å². The summed E-state index contributed by atoms with van der Waals surface area (Å²) >= 11 is 0. The van der Waals surface area contributed by atoms with E-state index in [4.69, 9.17) is 0 Å². The van der Waals surface area contributed by atoms with Gasteiger partial charge in [-0.1, -0.05) is 6.07 Å². The molecular formula is C13H19N3O4S. The molecule has 1 aliphatic heterocycles. The monoisotopic (exact) mass is 313 g/mol. The average Bonchev–Trinajstić information content (AvgIpc) is 2.43. The molecule has 0 radical (unpaired) electrons. The number of nitro groups is 1. The second-order valence-electron chi connectivity index (χ2n) is 5.07. The van der Waals surface area contributed by atoms with Crippen molar-refractivity contribution >= 4 is 21.2 Å². The number of nitro benzene ring substituents is 1. The number of nitrogens with zero attached hydrogens (tertiary/aromatic N) is 2. The van der Waals surface area contributed by atoms with Crippen molar-refractivity contribution in [2.24, 2.45) is 0 Å². The van der Waals surface area contributed by atoms with Crippen LogP contribution >= 0.6 is 0 Å². The highest BCUT2D eigenvalue weighted by molar-refractivity contribution is 7.91. The smallest absolute Gasteiger partial charge is 0.292 e. The number of nitrogens with one attached hydrogen (secondary N) is 1. The summed E-state index contributed by atoms with van der Waals surface area (Å²) in [5.41, 5.74) is 1.38. The Morgan fingerprint density at radius 1 is 1.33 bits per heavy atom. The molecule has 0 amide bonds. The summed E-state index contributed by atoms with van der Waals surface area (Å²) in [6, 6.07) is 5.10. The van der Waals surface area contributed by atoms with Gasteiger partial charge in [0.25, 0.3) is 5.69 Å². The van der Waals surface area contributed by atoms with Crippen molar-refractivity contribution < 1.29 is 13.3 Å². The Hall–Kier alpha value is -1.67. The molecule has 1 fully saturated rings. The van der Waals surface area contributed by atoms with Crippen LogP contribution in [0, 0.1) is 10.1 Å². The van der Waals surface area contributed by atoms with Crippen LogP contribution in [0.1, 0.15) is 12.5 Å². The van der Waals surface area contributed by atoms with Gasteiger partial charge >= 0.3 is 0 Å². The van der Waals surface area contributed by atoms with Gasteiger partial charge in [-0.15, -0.1) is 0 Å². The SMILES string of the molecule is CCNc1ccc(CN2CCS(=O)(=O)CC2)cc1[N+](=O)[O-]. The van der Waals surface area contributed by atoms with Crippen molar-refractivity contribution in [3.63, 3.8) is 0 Å². The lowest BCUT2D eigenvalue weighted by molar-refractivity contribution is -0.384. The summed E-state index contributed by atoms with van der Waals surface area (Å²) < 4.78 is 22.8. The highest BCUT2D eigenvalue weighted by Crippen LogP contribution is 2.26. The minimum atomic E-state index is -2.90. The molecule has 21 heavy (non-hydrogen) atoms.